The molecule has 1 fully saturated rings. The maximum absolute atomic E-state index is 13.2. The first-order valence-electron chi connectivity index (χ1n) is 14.8. The predicted molar refractivity (Wildman–Crippen MR) is 161 cm³/mol. The molecule has 0 aliphatic carbocycles. The number of alkyl halides is 6. The molecule has 0 unspecified atom stereocenters. The summed E-state index contributed by atoms with van der Waals surface area (Å²) in [5.74, 6) is -6.66. The molecular formula is C31H36F6N4O6S. The van der Waals surface area contributed by atoms with Gasteiger partial charge in [-0.1, -0.05) is 48.5 Å². The lowest BCUT2D eigenvalue weighted by Gasteiger charge is -2.31. The zero-order valence-corrected chi connectivity index (χ0v) is 26.4. The number of halogens is 6. The molecule has 17 heteroatoms. The summed E-state index contributed by atoms with van der Waals surface area (Å²) < 4.78 is 68.9. The van der Waals surface area contributed by atoms with Gasteiger partial charge >= 0.3 is 12.4 Å². The fraction of sp³-hybridized carbons (Fsp3) is 0.452. The summed E-state index contributed by atoms with van der Waals surface area (Å²) in [4.78, 5) is 59.3. The van der Waals surface area contributed by atoms with E-state index in [4.69, 9.17) is 9.90 Å². The molecule has 1 saturated heterocycles. The van der Waals surface area contributed by atoms with Gasteiger partial charge < -0.3 is 30.8 Å². The number of amides is 3. The first-order valence-corrected chi connectivity index (χ1v) is 16.0. The number of quaternary nitrogens is 1. The van der Waals surface area contributed by atoms with Gasteiger partial charge in [-0.2, -0.15) is 38.1 Å². The lowest BCUT2D eigenvalue weighted by Crippen LogP contribution is -3.12. The molecule has 2 aromatic rings. The van der Waals surface area contributed by atoms with Crippen molar-refractivity contribution in [3.05, 3.63) is 71.8 Å². The van der Waals surface area contributed by atoms with Crippen LogP contribution in [0.5, 0.6) is 0 Å². The zero-order valence-electron chi connectivity index (χ0n) is 25.6. The number of benzene rings is 2. The monoisotopic (exact) mass is 706 g/mol. The van der Waals surface area contributed by atoms with Crippen molar-refractivity contribution < 1.29 is 60.3 Å². The molecule has 0 bridgehead atoms. The fourth-order valence-electron chi connectivity index (χ4n) is 4.54. The maximum Gasteiger partial charge on any atom is 0.450 e. The van der Waals surface area contributed by atoms with Gasteiger partial charge in [0.25, 0.3) is 5.91 Å². The second-order valence-corrected chi connectivity index (χ2v) is 11.9. The Labute approximate surface area is 277 Å². The lowest BCUT2D eigenvalue weighted by atomic mass is 10.0. The third-order valence-electron chi connectivity index (χ3n) is 7.00. The molecule has 3 amide bonds. The third kappa shape index (κ3) is 15.6. The van der Waals surface area contributed by atoms with Crippen molar-refractivity contribution in [1.29, 1.82) is 0 Å². The topological polar surface area (TPSA) is 149 Å². The molecule has 0 spiro atoms. The Morgan fingerprint density at radius 3 is 1.98 bits per heavy atom. The number of thioether (sulfide) groups is 1. The number of carbonyl (C=O) groups is 5. The minimum absolute atomic E-state index is 0.0574. The largest absolute Gasteiger partial charge is 0.542 e. The third-order valence-corrected chi connectivity index (χ3v) is 8.04. The number of ketones is 1. The van der Waals surface area contributed by atoms with Crippen LogP contribution >= 0.6 is 11.8 Å². The van der Waals surface area contributed by atoms with Gasteiger partial charge in [-0.3, -0.25) is 19.2 Å². The second kappa shape index (κ2) is 19.6. The number of carboxylic acid groups (broad SMARTS) is 1. The molecule has 1 aliphatic rings. The average molecular weight is 707 g/mol. The number of hydrogen-bond donors (Lipinski definition) is 4. The fourth-order valence-corrected chi connectivity index (χ4v) is 5.40. The van der Waals surface area contributed by atoms with E-state index in [2.05, 4.69) is 28.1 Å². The van der Waals surface area contributed by atoms with Crippen LogP contribution in [0.1, 0.15) is 41.6 Å². The number of likely N-dealkylation sites (tertiary alicyclic amines) is 1. The molecule has 3 rings (SSSR count). The van der Waals surface area contributed by atoms with Gasteiger partial charge in [-0.15, -0.1) is 0 Å². The molecule has 2 aromatic carbocycles. The Hall–Kier alpha value is -4.12. The zero-order chi connectivity index (χ0) is 35.7. The molecule has 1 heterocycles. The lowest BCUT2D eigenvalue weighted by molar-refractivity contribution is -0.918. The minimum atomic E-state index is -5.19. The Bertz CT molecular complexity index is 1340. The number of rotatable bonds is 14. The van der Waals surface area contributed by atoms with Crippen molar-refractivity contribution in [1.82, 2.24) is 16.0 Å². The van der Waals surface area contributed by atoms with E-state index in [0.29, 0.717) is 12.0 Å². The molecule has 0 aromatic heterocycles. The van der Waals surface area contributed by atoms with E-state index in [9.17, 15) is 45.5 Å². The van der Waals surface area contributed by atoms with E-state index >= 15 is 0 Å². The number of nitrogens with one attached hydrogen (secondary N) is 4. The number of carboxylic acids is 1. The van der Waals surface area contributed by atoms with Gasteiger partial charge in [0.2, 0.25) is 17.6 Å². The van der Waals surface area contributed by atoms with Crippen LogP contribution in [-0.2, 0) is 25.7 Å². The summed E-state index contributed by atoms with van der Waals surface area (Å²) in [6, 6.07) is 17.6. The van der Waals surface area contributed by atoms with Crippen LogP contribution in [0, 0.1) is 0 Å². The minimum Gasteiger partial charge on any atom is -0.542 e. The second-order valence-electron chi connectivity index (χ2n) is 10.8. The van der Waals surface area contributed by atoms with Crippen LogP contribution in [0.4, 0.5) is 26.3 Å². The van der Waals surface area contributed by atoms with E-state index in [1.54, 1.807) is 30.3 Å². The molecule has 10 nitrogen and oxygen atoms in total. The summed E-state index contributed by atoms with van der Waals surface area (Å²) >= 11 is 0.835. The summed E-state index contributed by atoms with van der Waals surface area (Å²) in [6.07, 6.45) is -8.03. The van der Waals surface area contributed by atoms with Crippen LogP contribution in [-0.4, -0.2) is 85.1 Å². The van der Waals surface area contributed by atoms with Crippen molar-refractivity contribution in [2.45, 2.75) is 56.7 Å². The molecule has 264 valence electrons. The van der Waals surface area contributed by atoms with Crippen LogP contribution in [0.25, 0.3) is 0 Å². The van der Waals surface area contributed by atoms with Gasteiger partial charge in [0.1, 0.15) is 18.6 Å². The van der Waals surface area contributed by atoms with Gasteiger partial charge in [0, 0.05) is 30.0 Å². The van der Waals surface area contributed by atoms with Crippen molar-refractivity contribution in [3.8, 4) is 0 Å². The van der Waals surface area contributed by atoms with E-state index in [1.165, 1.54) is 10.5 Å². The number of piperidine rings is 1. The Balaban J connectivity index is 0.00000103. The van der Waals surface area contributed by atoms with Gasteiger partial charge in [-0.05, 0) is 30.7 Å². The van der Waals surface area contributed by atoms with Crippen LogP contribution in [0.2, 0.25) is 0 Å². The van der Waals surface area contributed by atoms with Crippen LogP contribution in [0.15, 0.2) is 60.7 Å². The highest BCUT2D eigenvalue weighted by Crippen LogP contribution is 2.19. The molecule has 1 atom stereocenters. The quantitative estimate of drug-likeness (QED) is 0.171. The van der Waals surface area contributed by atoms with E-state index < -0.39 is 47.7 Å². The average Bonchev–Trinajstić information content (AvgIpc) is 3.04. The first kappa shape index (κ1) is 40.1. The van der Waals surface area contributed by atoms with Crippen molar-refractivity contribution in [2.75, 3.05) is 31.1 Å². The van der Waals surface area contributed by atoms with Gasteiger partial charge in [0.05, 0.1) is 25.4 Å². The SMILES string of the molecule is O=C(CNC(=O)c1ccccc1)N[C@@H](CCCSCC(=O)C(F)(F)F)C(=O)NC1CC[NH+](Cc2ccccc2)CC1.O=C([O-])C(F)(F)F. The number of carbonyl (C=O) groups excluding carboxylic acids is 5. The Kier molecular flexibility index (Phi) is 16.4. The molecular weight excluding hydrogens is 670 g/mol. The Morgan fingerprint density at radius 1 is 0.875 bits per heavy atom. The number of Topliss-reactive ketones (excluding diaryl/α,β-unsaturated/α-hetero) is 1. The van der Waals surface area contributed by atoms with Gasteiger partial charge in [-0.25, -0.2) is 0 Å². The molecule has 4 N–H and O–H groups in total. The van der Waals surface area contributed by atoms with E-state index in [0.717, 1.165) is 44.2 Å². The standard InChI is InChI=1S/C29H35F3N4O4S.C2HF3O2/c30-29(31,32)25(37)20-41-17-7-12-24(35-26(38)18-33-27(39)22-10-5-2-6-11-22)28(40)34-23-13-15-36(16-14-23)19-21-8-3-1-4-9-21;3-2(4,5)1(6)7/h1-6,8-11,23-24H,7,12-20H2,(H,33,39)(H,34,40)(H,35,38);(H,6,7)/t24-;/m0./s1. The van der Waals surface area contributed by atoms with Crippen LogP contribution < -0.4 is 26.0 Å². The van der Waals surface area contributed by atoms with Crippen molar-refractivity contribution in [3.63, 3.8) is 0 Å². The Morgan fingerprint density at radius 2 is 1.44 bits per heavy atom. The van der Waals surface area contributed by atoms with Crippen LogP contribution in [0.3, 0.4) is 0 Å². The smallest absolute Gasteiger partial charge is 0.450 e. The normalized spacial score (nSPS) is 16.8. The highest BCUT2D eigenvalue weighted by Gasteiger charge is 2.37. The van der Waals surface area contributed by atoms with E-state index in [1.807, 2.05) is 18.2 Å². The first-order chi connectivity index (χ1) is 22.6. The molecule has 48 heavy (non-hydrogen) atoms. The van der Waals surface area contributed by atoms with Crippen molar-refractivity contribution in [2.24, 2.45) is 0 Å². The summed E-state index contributed by atoms with van der Waals surface area (Å²) in [6.45, 7) is 2.33. The van der Waals surface area contributed by atoms with Crippen molar-refractivity contribution >= 4 is 41.2 Å². The van der Waals surface area contributed by atoms with E-state index in [-0.39, 0.29) is 30.7 Å². The molecule has 1 aliphatic heterocycles. The highest BCUT2D eigenvalue weighted by molar-refractivity contribution is 7.99. The maximum atomic E-state index is 13.2. The number of aliphatic carboxylic acids is 1. The highest BCUT2D eigenvalue weighted by atomic mass is 32.2. The summed E-state index contributed by atoms with van der Waals surface area (Å²) in [5.41, 5.74) is 1.64. The summed E-state index contributed by atoms with van der Waals surface area (Å²) in [7, 11) is 0. The molecule has 0 saturated carbocycles. The predicted octanol–water partition coefficient (Wildman–Crippen LogP) is 1.21. The van der Waals surface area contributed by atoms with Gasteiger partial charge in [0.15, 0.2) is 0 Å². The molecule has 0 radical (unpaired) electrons. The number of hydrogen-bond acceptors (Lipinski definition) is 7. The summed E-state index contributed by atoms with van der Waals surface area (Å²) in [5, 5.41) is 17.0.